The Morgan fingerprint density at radius 2 is 2.26 bits per heavy atom. The average Bonchev–Trinajstić information content (AvgIpc) is 2.79. The summed E-state index contributed by atoms with van der Waals surface area (Å²) in [5.74, 6) is -0.360. The zero-order valence-corrected chi connectivity index (χ0v) is 11.8. The number of ether oxygens (including phenoxy) is 1. The largest absolute Gasteiger partial charge is 0.472 e. The van der Waals surface area contributed by atoms with E-state index in [2.05, 4.69) is 10.6 Å². The molecule has 0 saturated heterocycles. The van der Waals surface area contributed by atoms with Crippen molar-refractivity contribution in [3.63, 3.8) is 0 Å². The number of rotatable bonds is 3. The maximum atomic E-state index is 12.2. The molecule has 0 bridgehead atoms. The molecule has 0 fully saturated rings. The Morgan fingerprint density at radius 3 is 2.84 bits per heavy atom. The second-order valence-corrected chi connectivity index (χ2v) is 4.99. The lowest BCUT2D eigenvalue weighted by atomic mass is 9.98. The molecule has 2 rings (SSSR count). The van der Waals surface area contributed by atoms with E-state index < -0.39 is 0 Å². The fraction of sp³-hybridized carbons (Fsp3) is 0.385. The van der Waals surface area contributed by atoms with Crippen LogP contribution in [0.25, 0.3) is 0 Å². The average molecular weight is 280 g/mol. The van der Waals surface area contributed by atoms with Gasteiger partial charge in [-0.25, -0.2) is 4.79 Å². The molecule has 102 valence electrons. The van der Waals surface area contributed by atoms with Crippen LogP contribution in [0.15, 0.2) is 34.3 Å². The van der Waals surface area contributed by atoms with Crippen LogP contribution < -0.4 is 10.6 Å². The van der Waals surface area contributed by atoms with Gasteiger partial charge >= 0.3 is 5.97 Å². The first-order valence-corrected chi connectivity index (χ1v) is 6.41. The summed E-state index contributed by atoms with van der Waals surface area (Å²) in [5, 5.41) is 6.48. The first-order chi connectivity index (χ1) is 8.99. The minimum Gasteiger partial charge on any atom is -0.472 e. The number of thiocarbonyl (C=S) groups is 1. The standard InChI is InChI=1S/C13H16N2O3S/c1-7(2)18-12(16)10-8(3)14-13(19)15-11(10)9-4-5-17-6-9/h4-7,11H,1-3H3,(H2,14,15,19). The Hall–Kier alpha value is -1.82. The summed E-state index contributed by atoms with van der Waals surface area (Å²) in [6, 6.07) is 1.44. The van der Waals surface area contributed by atoms with Crippen molar-refractivity contribution in [1.82, 2.24) is 10.6 Å². The van der Waals surface area contributed by atoms with E-state index in [0.29, 0.717) is 16.4 Å². The summed E-state index contributed by atoms with van der Waals surface area (Å²) < 4.78 is 10.3. The van der Waals surface area contributed by atoms with Crippen LogP contribution in [0.2, 0.25) is 0 Å². The predicted octanol–water partition coefficient (Wildman–Crippen LogP) is 2.02. The molecular formula is C13H16N2O3S. The van der Waals surface area contributed by atoms with Gasteiger partial charge in [0, 0.05) is 11.3 Å². The number of carbonyl (C=O) groups excluding carboxylic acids is 1. The van der Waals surface area contributed by atoms with E-state index in [-0.39, 0.29) is 18.1 Å². The molecule has 5 nitrogen and oxygen atoms in total. The van der Waals surface area contributed by atoms with Gasteiger partial charge in [-0.1, -0.05) is 0 Å². The summed E-state index contributed by atoms with van der Waals surface area (Å²) >= 11 is 5.12. The maximum absolute atomic E-state index is 12.2. The van der Waals surface area contributed by atoms with E-state index in [0.717, 1.165) is 5.56 Å². The molecule has 6 heteroatoms. The van der Waals surface area contributed by atoms with Crippen LogP contribution in [-0.4, -0.2) is 17.2 Å². The SMILES string of the molecule is CC1=C(C(=O)OC(C)C)C(c2ccoc2)NC(=S)N1. The molecule has 0 amide bonds. The van der Waals surface area contributed by atoms with Gasteiger partial charge in [0.1, 0.15) is 0 Å². The second kappa shape index (κ2) is 5.44. The molecule has 0 aliphatic carbocycles. The van der Waals surface area contributed by atoms with Crippen molar-refractivity contribution in [3.8, 4) is 0 Å². The van der Waals surface area contributed by atoms with Crippen molar-refractivity contribution in [3.05, 3.63) is 35.4 Å². The smallest absolute Gasteiger partial charge is 0.338 e. The molecule has 1 aromatic heterocycles. The molecule has 1 aliphatic rings. The van der Waals surface area contributed by atoms with E-state index >= 15 is 0 Å². The Labute approximate surface area is 117 Å². The van der Waals surface area contributed by atoms with E-state index in [1.165, 1.54) is 0 Å². The first kappa shape index (κ1) is 13.6. The number of nitrogens with one attached hydrogen (secondary N) is 2. The van der Waals surface area contributed by atoms with Crippen LogP contribution in [0.1, 0.15) is 32.4 Å². The van der Waals surface area contributed by atoms with E-state index in [1.807, 2.05) is 13.8 Å². The van der Waals surface area contributed by atoms with Gasteiger partial charge in [-0.2, -0.15) is 0 Å². The molecule has 1 atom stereocenters. The summed E-state index contributed by atoms with van der Waals surface area (Å²) in [5.41, 5.74) is 2.04. The monoisotopic (exact) mass is 280 g/mol. The topological polar surface area (TPSA) is 63.5 Å². The third-order valence-corrected chi connectivity index (χ3v) is 2.93. The minimum absolute atomic E-state index is 0.174. The van der Waals surface area contributed by atoms with Crippen molar-refractivity contribution in [2.24, 2.45) is 0 Å². The van der Waals surface area contributed by atoms with Crippen LogP contribution in [0.5, 0.6) is 0 Å². The van der Waals surface area contributed by atoms with Gasteiger partial charge in [-0.05, 0) is 39.1 Å². The zero-order valence-electron chi connectivity index (χ0n) is 11.0. The predicted molar refractivity (Wildman–Crippen MR) is 74.2 cm³/mol. The molecule has 19 heavy (non-hydrogen) atoms. The van der Waals surface area contributed by atoms with Crippen molar-refractivity contribution in [2.45, 2.75) is 32.9 Å². The van der Waals surface area contributed by atoms with Crippen LogP contribution in [-0.2, 0) is 9.53 Å². The minimum atomic E-state index is -0.360. The molecule has 1 aliphatic heterocycles. The van der Waals surface area contributed by atoms with Gasteiger partial charge in [0.05, 0.1) is 30.2 Å². The van der Waals surface area contributed by atoms with Gasteiger partial charge < -0.3 is 19.8 Å². The number of carbonyl (C=O) groups is 1. The van der Waals surface area contributed by atoms with Crippen molar-refractivity contribution in [2.75, 3.05) is 0 Å². The molecule has 2 heterocycles. The lowest BCUT2D eigenvalue weighted by Crippen LogP contribution is -2.45. The van der Waals surface area contributed by atoms with Gasteiger partial charge in [0.25, 0.3) is 0 Å². The summed E-state index contributed by atoms with van der Waals surface area (Å²) in [4.78, 5) is 12.2. The molecule has 0 saturated carbocycles. The highest BCUT2D eigenvalue weighted by Gasteiger charge is 2.31. The van der Waals surface area contributed by atoms with Gasteiger partial charge in [0.15, 0.2) is 5.11 Å². The second-order valence-electron chi connectivity index (χ2n) is 4.58. The molecule has 1 unspecified atom stereocenters. The van der Waals surface area contributed by atoms with Crippen LogP contribution in [0.4, 0.5) is 0 Å². The van der Waals surface area contributed by atoms with Gasteiger partial charge in [0.2, 0.25) is 0 Å². The zero-order chi connectivity index (χ0) is 14.0. The highest BCUT2D eigenvalue weighted by atomic mass is 32.1. The summed E-state index contributed by atoms with van der Waals surface area (Å²) in [6.45, 7) is 5.43. The Kier molecular flexibility index (Phi) is 3.90. The lowest BCUT2D eigenvalue weighted by molar-refractivity contribution is -0.143. The first-order valence-electron chi connectivity index (χ1n) is 6.00. The van der Waals surface area contributed by atoms with Crippen molar-refractivity contribution < 1.29 is 13.9 Å². The van der Waals surface area contributed by atoms with Crippen LogP contribution >= 0.6 is 12.2 Å². The highest BCUT2D eigenvalue weighted by molar-refractivity contribution is 7.80. The number of hydrogen-bond acceptors (Lipinski definition) is 4. The van der Waals surface area contributed by atoms with Crippen LogP contribution in [0, 0.1) is 0 Å². The third kappa shape index (κ3) is 2.96. The molecule has 0 aromatic carbocycles. The quantitative estimate of drug-likeness (QED) is 0.652. The number of allylic oxidation sites excluding steroid dienone is 1. The molecular weight excluding hydrogens is 264 g/mol. The number of esters is 1. The molecule has 0 radical (unpaired) electrons. The van der Waals surface area contributed by atoms with E-state index in [1.54, 1.807) is 25.5 Å². The summed E-state index contributed by atoms with van der Waals surface area (Å²) in [6.07, 6.45) is 2.97. The Morgan fingerprint density at radius 1 is 1.53 bits per heavy atom. The maximum Gasteiger partial charge on any atom is 0.338 e. The van der Waals surface area contributed by atoms with E-state index in [9.17, 15) is 4.79 Å². The molecule has 0 spiro atoms. The Balaban J connectivity index is 2.36. The van der Waals surface area contributed by atoms with Crippen LogP contribution in [0.3, 0.4) is 0 Å². The fourth-order valence-electron chi connectivity index (χ4n) is 1.93. The molecule has 1 aromatic rings. The van der Waals surface area contributed by atoms with E-state index in [4.69, 9.17) is 21.4 Å². The lowest BCUT2D eigenvalue weighted by Gasteiger charge is -2.29. The number of hydrogen-bond donors (Lipinski definition) is 2. The number of furan rings is 1. The van der Waals surface area contributed by atoms with Gasteiger partial charge in [-0.3, -0.25) is 0 Å². The van der Waals surface area contributed by atoms with Gasteiger partial charge in [-0.15, -0.1) is 0 Å². The summed E-state index contributed by atoms with van der Waals surface area (Å²) in [7, 11) is 0. The third-order valence-electron chi connectivity index (χ3n) is 2.71. The normalized spacial score (nSPS) is 19.2. The van der Waals surface area contributed by atoms with Crippen molar-refractivity contribution in [1.29, 1.82) is 0 Å². The van der Waals surface area contributed by atoms with Crippen molar-refractivity contribution >= 4 is 23.3 Å². The molecule has 2 N–H and O–H groups in total. The highest BCUT2D eigenvalue weighted by Crippen LogP contribution is 2.28. The fourth-order valence-corrected chi connectivity index (χ4v) is 2.20. The Bertz CT molecular complexity index is 520.